The van der Waals surface area contributed by atoms with Crippen LogP contribution in [0.3, 0.4) is 0 Å². The number of hydrogen-bond acceptors (Lipinski definition) is 4. The molecule has 0 bridgehead atoms. The topological polar surface area (TPSA) is 33.2 Å². The molecule has 1 aromatic carbocycles. The third-order valence-electron chi connectivity index (χ3n) is 3.53. The Balaban J connectivity index is 2.11. The number of carbonyl (C=O) groups excluding carboxylic acids is 1. The summed E-state index contributed by atoms with van der Waals surface area (Å²) in [6.07, 6.45) is 1.07. The second kappa shape index (κ2) is 4.46. The van der Waals surface area contributed by atoms with E-state index >= 15 is 0 Å². The van der Waals surface area contributed by atoms with E-state index < -0.39 is 0 Å². The summed E-state index contributed by atoms with van der Waals surface area (Å²) in [5, 5.41) is 0.942. The van der Waals surface area contributed by atoms with Crippen LogP contribution >= 0.6 is 11.3 Å². The zero-order valence-corrected chi connectivity index (χ0v) is 12.2. The molecule has 19 heavy (non-hydrogen) atoms. The number of fused-ring (bicyclic) bond motifs is 1. The van der Waals surface area contributed by atoms with Gasteiger partial charge < -0.3 is 4.90 Å². The number of likely N-dealkylation sites (N-methyl/N-ethyl adjacent to an activating group) is 1. The van der Waals surface area contributed by atoms with E-state index in [9.17, 15) is 4.79 Å². The van der Waals surface area contributed by atoms with Crippen molar-refractivity contribution in [2.24, 2.45) is 0 Å². The minimum absolute atomic E-state index is 0.0956. The van der Waals surface area contributed by atoms with Crippen molar-refractivity contribution in [1.82, 2.24) is 4.98 Å². The molecule has 0 spiro atoms. The molecule has 3 nitrogen and oxygen atoms in total. The average Bonchev–Trinajstić information content (AvgIpc) is 2.93. The van der Waals surface area contributed by atoms with Crippen molar-refractivity contribution in [3.8, 4) is 11.3 Å². The average molecular weight is 272 g/mol. The van der Waals surface area contributed by atoms with Crippen LogP contribution in [0.25, 0.3) is 11.3 Å². The highest BCUT2D eigenvalue weighted by atomic mass is 32.1. The number of thiazole rings is 1. The number of aryl methyl sites for hydroxylation is 1. The Labute approximate surface area is 116 Å². The number of anilines is 1. The van der Waals surface area contributed by atoms with Gasteiger partial charge in [0.05, 0.1) is 15.6 Å². The molecule has 0 fully saturated rings. The van der Waals surface area contributed by atoms with Crippen molar-refractivity contribution in [2.45, 2.75) is 20.3 Å². The summed E-state index contributed by atoms with van der Waals surface area (Å²) in [4.78, 5) is 19.3. The second-order valence-electron chi connectivity index (χ2n) is 4.98. The Morgan fingerprint density at radius 1 is 1.42 bits per heavy atom. The van der Waals surface area contributed by atoms with Crippen molar-refractivity contribution < 1.29 is 4.79 Å². The van der Waals surface area contributed by atoms with Gasteiger partial charge in [0.25, 0.3) is 0 Å². The highest BCUT2D eigenvalue weighted by Crippen LogP contribution is 2.34. The summed E-state index contributed by atoms with van der Waals surface area (Å²) in [5.41, 5.74) is 4.54. The summed E-state index contributed by atoms with van der Waals surface area (Å²) in [7, 11) is 2.11. The largest absolute Gasteiger partial charge is 0.374 e. The summed E-state index contributed by atoms with van der Waals surface area (Å²) < 4.78 is 0. The SMILES string of the molecule is CC(=O)c1sc(C)nc1-c1ccc2c(c1)CCN2C. The lowest BCUT2D eigenvalue weighted by Crippen LogP contribution is -2.12. The fraction of sp³-hybridized carbons (Fsp3) is 0.333. The van der Waals surface area contributed by atoms with E-state index in [2.05, 4.69) is 35.1 Å². The molecule has 4 heteroatoms. The van der Waals surface area contributed by atoms with Crippen LogP contribution in [0, 0.1) is 6.92 Å². The zero-order chi connectivity index (χ0) is 13.6. The minimum atomic E-state index is 0.0956. The number of hydrogen-bond donors (Lipinski definition) is 0. The predicted octanol–water partition coefficient (Wildman–Crippen LogP) is 3.31. The van der Waals surface area contributed by atoms with Crippen LogP contribution in [-0.4, -0.2) is 24.4 Å². The molecule has 1 aromatic heterocycles. The summed E-state index contributed by atoms with van der Waals surface area (Å²) in [6.45, 7) is 4.62. The number of aromatic nitrogens is 1. The highest BCUT2D eigenvalue weighted by Gasteiger charge is 2.19. The van der Waals surface area contributed by atoms with Gasteiger partial charge in [-0.25, -0.2) is 4.98 Å². The number of benzene rings is 1. The fourth-order valence-electron chi connectivity index (χ4n) is 2.58. The van der Waals surface area contributed by atoms with E-state index in [-0.39, 0.29) is 5.78 Å². The first-order valence-electron chi connectivity index (χ1n) is 6.39. The molecular weight excluding hydrogens is 256 g/mol. The Kier molecular flexibility index (Phi) is 2.90. The molecule has 3 rings (SSSR count). The molecule has 2 aromatic rings. The summed E-state index contributed by atoms with van der Waals surface area (Å²) in [5.74, 6) is 0.0956. The molecule has 98 valence electrons. The maximum absolute atomic E-state index is 11.7. The Morgan fingerprint density at radius 2 is 2.21 bits per heavy atom. The molecule has 0 aliphatic carbocycles. The molecule has 0 N–H and O–H groups in total. The van der Waals surface area contributed by atoms with Gasteiger partial charge in [-0.3, -0.25) is 4.79 Å². The maximum atomic E-state index is 11.7. The van der Waals surface area contributed by atoms with Crippen LogP contribution in [0.4, 0.5) is 5.69 Å². The maximum Gasteiger partial charge on any atom is 0.172 e. The lowest BCUT2D eigenvalue weighted by atomic mass is 10.0. The van der Waals surface area contributed by atoms with Crippen LogP contribution in [0.15, 0.2) is 18.2 Å². The zero-order valence-electron chi connectivity index (χ0n) is 11.4. The lowest BCUT2D eigenvalue weighted by molar-refractivity contribution is 0.102. The standard InChI is InChI=1S/C15H16N2OS/c1-9(18)15-14(16-10(2)19-15)12-4-5-13-11(8-12)6-7-17(13)3/h4-5,8H,6-7H2,1-3H3. The Bertz CT molecular complexity index is 660. The van der Waals surface area contributed by atoms with Crippen molar-refractivity contribution in [3.05, 3.63) is 33.6 Å². The smallest absolute Gasteiger partial charge is 0.172 e. The summed E-state index contributed by atoms with van der Waals surface area (Å²) in [6, 6.07) is 6.39. The number of rotatable bonds is 2. The number of ketones is 1. The van der Waals surface area contributed by atoms with Crippen molar-refractivity contribution in [2.75, 3.05) is 18.5 Å². The number of nitrogens with zero attached hydrogens (tertiary/aromatic N) is 2. The number of Topliss-reactive ketones (excluding diaryl/α,β-unsaturated/α-hetero) is 1. The molecule has 1 aliphatic rings. The second-order valence-corrected chi connectivity index (χ2v) is 6.19. The van der Waals surface area contributed by atoms with Gasteiger partial charge in [0.15, 0.2) is 5.78 Å². The third kappa shape index (κ3) is 2.06. The highest BCUT2D eigenvalue weighted by molar-refractivity contribution is 7.14. The Hall–Kier alpha value is -1.68. The molecule has 0 radical (unpaired) electrons. The van der Waals surface area contributed by atoms with Crippen molar-refractivity contribution in [1.29, 1.82) is 0 Å². The van der Waals surface area contributed by atoms with Crippen molar-refractivity contribution in [3.63, 3.8) is 0 Å². The van der Waals surface area contributed by atoms with E-state index in [1.807, 2.05) is 6.92 Å². The Morgan fingerprint density at radius 3 is 2.95 bits per heavy atom. The monoisotopic (exact) mass is 272 g/mol. The predicted molar refractivity (Wildman–Crippen MR) is 79.3 cm³/mol. The molecular formula is C15H16N2OS. The van der Waals surface area contributed by atoms with Gasteiger partial charge in [-0.2, -0.15) is 0 Å². The summed E-state index contributed by atoms with van der Waals surface area (Å²) >= 11 is 1.48. The molecule has 0 atom stereocenters. The van der Waals surface area contributed by atoms with Crippen LogP contribution in [0.2, 0.25) is 0 Å². The van der Waals surface area contributed by atoms with Crippen LogP contribution in [0.1, 0.15) is 27.2 Å². The van der Waals surface area contributed by atoms with Gasteiger partial charge in [-0.1, -0.05) is 6.07 Å². The molecule has 2 heterocycles. The van der Waals surface area contributed by atoms with E-state index in [4.69, 9.17) is 0 Å². The van der Waals surface area contributed by atoms with Crippen LogP contribution in [-0.2, 0) is 6.42 Å². The molecule has 1 aliphatic heterocycles. The first-order chi connectivity index (χ1) is 9.06. The van der Waals surface area contributed by atoms with E-state index in [1.165, 1.54) is 22.6 Å². The lowest BCUT2D eigenvalue weighted by Gasteiger charge is -2.11. The normalized spacial score (nSPS) is 13.7. The molecule has 0 saturated carbocycles. The van der Waals surface area contributed by atoms with Gasteiger partial charge in [0, 0.05) is 31.8 Å². The van der Waals surface area contributed by atoms with Crippen LogP contribution in [0.5, 0.6) is 0 Å². The van der Waals surface area contributed by atoms with Gasteiger partial charge in [0.2, 0.25) is 0 Å². The van der Waals surface area contributed by atoms with E-state index in [0.29, 0.717) is 0 Å². The first-order valence-corrected chi connectivity index (χ1v) is 7.20. The third-order valence-corrected chi connectivity index (χ3v) is 4.61. The van der Waals surface area contributed by atoms with Crippen LogP contribution < -0.4 is 4.90 Å². The van der Waals surface area contributed by atoms with Gasteiger partial charge >= 0.3 is 0 Å². The molecule has 0 saturated heterocycles. The van der Waals surface area contributed by atoms with Gasteiger partial charge in [-0.05, 0) is 31.0 Å². The van der Waals surface area contributed by atoms with Gasteiger partial charge in [0.1, 0.15) is 0 Å². The fourth-order valence-corrected chi connectivity index (χ4v) is 3.41. The van der Waals surface area contributed by atoms with E-state index in [1.54, 1.807) is 6.92 Å². The van der Waals surface area contributed by atoms with Crippen molar-refractivity contribution >= 4 is 22.8 Å². The van der Waals surface area contributed by atoms with Gasteiger partial charge in [-0.15, -0.1) is 11.3 Å². The first kappa shape index (κ1) is 12.4. The number of carbonyl (C=O) groups is 1. The van der Waals surface area contributed by atoms with E-state index in [0.717, 1.165) is 34.1 Å². The quantitative estimate of drug-likeness (QED) is 0.786. The molecule has 0 unspecified atom stereocenters. The minimum Gasteiger partial charge on any atom is -0.374 e. The molecule has 0 amide bonds.